The van der Waals surface area contributed by atoms with Gasteiger partial charge in [-0.25, -0.2) is 9.59 Å². The summed E-state index contributed by atoms with van der Waals surface area (Å²) in [5, 5.41) is 12.1. The van der Waals surface area contributed by atoms with Gasteiger partial charge in [-0.05, 0) is 49.8 Å². The van der Waals surface area contributed by atoms with Crippen LogP contribution in [0.15, 0.2) is 24.3 Å². The molecule has 0 aromatic heterocycles. The molecule has 1 atom stereocenters. The Morgan fingerprint density at radius 2 is 1.97 bits per heavy atom. The van der Waals surface area contributed by atoms with Crippen molar-refractivity contribution >= 4 is 12.0 Å². The third kappa shape index (κ3) is 7.93. The number of hydrogen-bond acceptors (Lipinski definition) is 4. The molecular weight excluding hydrogens is 372 g/mol. The Morgan fingerprint density at radius 3 is 2.52 bits per heavy atom. The molecule has 0 saturated heterocycles. The minimum absolute atomic E-state index is 0.0201. The maximum atomic E-state index is 12.4. The topological polar surface area (TPSA) is 88.1 Å². The first kappa shape index (κ1) is 23.0. The van der Waals surface area contributed by atoms with Crippen molar-refractivity contribution in [1.82, 2.24) is 10.2 Å². The molecule has 0 radical (unpaired) electrons. The molecule has 1 aromatic rings. The first-order valence-electron chi connectivity index (χ1n) is 10.6. The van der Waals surface area contributed by atoms with Gasteiger partial charge in [-0.1, -0.05) is 25.5 Å². The quantitative estimate of drug-likeness (QED) is 0.525. The van der Waals surface area contributed by atoms with E-state index in [9.17, 15) is 14.7 Å². The Labute approximate surface area is 173 Å². The van der Waals surface area contributed by atoms with Crippen molar-refractivity contribution in [3.63, 3.8) is 0 Å². The third-order valence-corrected chi connectivity index (χ3v) is 5.13. The zero-order chi connectivity index (χ0) is 21.1. The van der Waals surface area contributed by atoms with E-state index in [1.54, 1.807) is 6.92 Å². The molecule has 7 heteroatoms. The van der Waals surface area contributed by atoms with Gasteiger partial charge in [-0.3, -0.25) is 0 Å². The van der Waals surface area contributed by atoms with Crippen LogP contribution >= 0.6 is 0 Å². The number of ether oxygens (including phenoxy) is 2. The van der Waals surface area contributed by atoms with Crippen molar-refractivity contribution in [3.8, 4) is 5.75 Å². The summed E-state index contributed by atoms with van der Waals surface area (Å²) in [5.74, 6) is 0.351. The lowest BCUT2D eigenvalue weighted by Crippen LogP contribution is -2.45. The number of carbonyl (C=O) groups is 2. The number of hydrogen-bond donors (Lipinski definition) is 2. The summed E-state index contributed by atoms with van der Waals surface area (Å²) in [6, 6.07) is 7.34. The molecule has 0 heterocycles. The largest absolute Gasteiger partial charge is 0.492 e. The molecule has 2 amide bonds. The maximum Gasteiger partial charge on any atom is 0.333 e. The van der Waals surface area contributed by atoms with Gasteiger partial charge in [0.25, 0.3) is 0 Å². The number of urea groups is 1. The fourth-order valence-electron chi connectivity index (χ4n) is 3.23. The van der Waals surface area contributed by atoms with Crippen molar-refractivity contribution < 1.29 is 24.2 Å². The molecule has 1 saturated carbocycles. The van der Waals surface area contributed by atoms with Crippen LogP contribution in [0, 0.1) is 5.92 Å². The average Bonchev–Trinajstić information content (AvgIpc) is 2.68. The second kappa shape index (κ2) is 12.3. The molecular formula is C22H34N2O5. The van der Waals surface area contributed by atoms with Gasteiger partial charge in [0.1, 0.15) is 12.4 Å². The van der Waals surface area contributed by atoms with Gasteiger partial charge < -0.3 is 24.8 Å². The van der Waals surface area contributed by atoms with Crippen molar-refractivity contribution in [3.05, 3.63) is 29.8 Å². The van der Waals surface area contributed by atoms with Gasteiger partial charge >= 0.3 is 12.0 Å². The Bertz CT molecular complexity index is 631. The Hall–Kier alpha value is -2.28. The minimum Gasteiger partial charge on any atom is -0.492 e. The fourth-order valence-corrected chi connectivity index (χ4v) is 3.23. The van der Waals surface area contributed by atoms with Crippen molar-refractivity contribution in [2.24, 2.45) is 5.92 Å². The molecule has 1 aliphatic rings. The molecule has 2 N–H and O–H groups in total. The van der Waals surface area contributed by atoms with E-state index in [1.807, 2.05) is 36.1 Å². The first-order valence-corrected chi connectivity index (χ1v) is 10.6. The van der Waals surface area contributed by atoms with Crippen LogP contribution in [-0.2, 0) is 16.0 Å². The number of carboxylic acid groups (broad SMARTS) is 1. The van der Waals surface area contributed by atoms with E-state index in [4.69, 9.17) is 9.47 Å². The predicted octanol–water partition coefficient (Wildman–Crippen LogP) is 3.32. The summed E-state index contributed by atoms with van der Waals surface area (Å²) in [4.78, 5) is 25.4. The van der Waals surface area contributed by atoms with E-state index in [1.165, 1.54) is 19.3 Å². The van der Waals surface area contributed by atoms with Crippen LogP contribution in [0.5, 0.6) is 5.75 Å². The van der Waals surface area contributed by atoms with Crippen LogP contribution in [-0.4, -0.2) is 61.0 Å². The van der Waals surface area contributed by atoms with Gasteiger partial charge in [0.05, 0.1) is 6.54 Å². The summed E-state index contributed by atoms with van der Waals surface area (Å²) < 4.78 is 11.1. The van der Waals surface area contributed by atoms with Gasteiger partial charge in [0.2, 0.25) is 0 Å². The van der Waals surface area contributed by atoms with Crippen LogP contribution < -0.4 is 10.1 Å². The number of carbonyl (C=O) groups excluding carboxylic acids is 1. The maximum absolute atomic E-state index is 12.4. The van der Waals surface area contributed by atoms with Crippen molar-refractivity contribution in [2.75, 3.05) is 32.8 Å². The van der Waals surface area contributed by atoms with Crippen LogP contribution in [0.25, 0.3) is 0 Å². The normalized spacial score (nSPS) is 14.7. The summed E-state index contributed by atoms with van der Waals surface area (Å²) in [6.45, 7) is 6.61. The molecule has 1 aromatic carbocycles. The second-order valence-electron chi connectivity index (χ2n) is 7.45. The first-order chi connectivity index (χ1) is 14.0. The number of benzene rings is 1. The Balaban J connectivity index is 1.82. The monoisotopic (exact) mass is 406 g/mol. The number of nitrogens with one attached hydrogen (secondary N) is 1. The SMILES string of the molecule is CCCNC(=O)N(CCOc1ccc(CC(OCC)C(=O)O)cc1)CC1CCC1. The van der Waals surface area contributed by atoms with Crippen molar-refractivity contribution in [2.45, 2.75) is 52.1 Å². The molecule has 0 spiro atoms. The zero-order valence-electron chi connectivity index (χ0n) is 17.6. The van der Waals surface area contributed by atoms with E-state index >= 15 is 0 Å². The standard InChI is InChI=1S/C22H34N2O5/c1-3-12-23-22(27)24(16-18-6-5-7-18)13-14-29-19-10-8-17(9-11-19)15-20(21(25)26)28-4-2/h8-11,18,20H,3-7,12-16H2,1-2H3,(H,23,27)(H,25,26). The third-order valence-electron chi connectivity index (χ3n) is 5.13. The molecule has 1 aliphatic carbocycles. The number of rotatable bonds is 13. The van der Waals surface area contributed by atoms with Gasteiger partial charge in [-0.2, -0.15) is 0 Å². The smallest absolute Gasteiger partial charge is 0.333 e. The number of nitrogens with zero attached hydrogens (tertiary/aromatic N) is 1. The summed E-state index contributed by atoms with van der Waals surface area (Å²) >= 11 is 0. The van der Waals surface area contributed by atoms with Crippen LogP contribution in [0.1, 0.15) is 45.1 Å². The van der Waals surface area contributed by atoms with E-state index in [0.717, 1.165) is 18.5 Å². The van der Waals surface area contributed by atoms with Gasteiger partial charge in [-0.15, -0.1) is 0 Å². The highest BCUT2D eigenvalue weighted by Gasteiger charge is 2.23. The molecule has 29 heavy (non-hydrogen) atoms. The van der Waals surface area contributed by atoms with Gasteiger partial charge in [0, 0.05) is 26.1 Å². The Kier molecular flexibility index (Phi) is 9.77. The summed E-state index contributed by atoms with van der Waals surface area (Å²) in [6.07, 6.45) is 4.03. The molecule has 1 fully saturated rings. The number of aliphatic carboxylic acids is 1. The predicted molar refractivity (Wildman–Crippen MR) is 111 cm³/mol. The van der Waals surface area contributed by atoms with E-state index in [2.05, 4.69) is 5.32 Å². The van der Waals surface area contributed by atoms with E-state index < -0.39 is 12.1 Å². The Morgan fingerprint density at radius 1 is 1.24 bits per heavy atom. The number of amides is 2. The lowest BCUT2D eigenvalue weighted by Gasteiger charge is -2.32. The average molecular weight is 407 g/mol. The van der Waals surface area contributed by atoms with Gasteiger partial charge in [0.15, 0.2) is 6.10 Å². The second-order valence-corrected chi connectivity index (χ2v) is 7.45. The van der Waals surface area contributed by atoms with Crippen molar-refractivity contribution in [1.29, 1.82) is 0 Å². The molecule has 7 nitrogen and oxygen atoms in total. The zero-order valence-corrected chi connectivity index (χ0v) is 17.6. The highest BCUT2D eigenvalue weighted by molar-refractivity contribution is 5.74. The highest BCUT2D eigenvalue weighted by atomic mass is 16.5. The fraction of sp³-hybridized carbons (Fsp3) is 0.636. The lowest BCUT2D eigenvalue weighted by molar-refractivity contribution is -0.149. The van der Waals surface area contributed by atoms with Crippen LogP contribution in [0.2, 0.25) is 0 Å². The van der Waals surface area contributed by atoms with Crippen LogP contribution in [0.3, 0.4) is 0 Å². The molecule has 162 valence electrons. The van der Waals surface area contributed by atoms with Crippen LogP contribution in [0.4, 0.5) is 4.79 Å². The molecule has 1 unspecified atom stereocenters. The van der Waals surface area contributed by atoms with E-state index in [0.29, 0.717) is 44.4 Å². The lowest BCUT2D eigenvalue weighted by atomic mass is 9.85. The molecule has 0 bridgehead atoms. The highest BCUT2D eigenvalue weighted by Crippen LogP contribution is 2.27. The number of carboxylic acids is 1. The van der Waals surface area contributed by atoms with E-state index in [-0.39, 0.29) is 6.03 Å². The molecule has 2 rings (SSSR count). The summed E-state index contributed by atoms with van der Waals surface area (Å²) in [7, 11) is 0. The molecule has 0 aliphatic heterocycles. The summed E-state index contributed by atoms with van der Waals surface area (Å²) in [5.41, 5.74) is 0.878. The minimum atomic E-state index is -0.958.